The highest BCUT2D eigenvalue weighted by Gasteiger charge is 2.03. The van der Waals surface area contributed by atoms with E-state index in [1.54, 1.807) is 0 Å². The highest BCUT2D eigenvalue weighted by Crippen LogP contribution is 1.99. The first-order valence-corrected chi connectivity index (χ1v) is 6.54. The van der Waals surface area contributed by atoms with E-state index in [0.29, 0.717) is 19.6 Å². The van der Waals surface area contributed by atoms with Gasteiger partial charge < -0.3 is 4.74 Å². The Hall–Kier alpha value is 0.200. The summed E-state index contributed by atoms with van der Waals surface area (Å²) in [4.78, 5) is 0. The SMILES string of the molecule is CCCCOCCCS(=O)(=O)Cl. The van der Waals surface area contributed by atoms with Gasteiger partial charge in [0.15, 0.2) is 0 Å². The maximum atomic E-state index is 10.4. The van der Waals surface area contributed by atoms with Crippen LogP contribution in [-0.4, -0.2) is 27.4 Å². The van der Waals surface area contributed by atoms with Crippen molar-refractivity contribution in [3.05, 3.63) is 0 Å². The Bertz CT molecular complexity index is 189. The molecule has 0 saturated heterocycles. The van der Waals surface area contributed by atoms with Gasteiger partial charge in [0.2, 0.25) is 9.05 Å². The van der Waals surface area contributed by atoms with Crippen LogP contribution in [0.15, 0.2) is 0 Å². The van der Waals surface area contributed by atoms with Crippen molar-refractivity contribution in [2.75, 3.05) is 19.0 Å². The summed E-state index contributed by atoms with van der Waals surface area (Å²) < 4.78 is 26.0. The summed E-state index contributed by atoms with van der Waals surface area (Å²) in [5.74, 6) is 0.000675. The molecule has 0 aliphatic rings. The van der Waals surface area contributed by atoms with Crippen molar-refractivity contribution >= 4 is 19.7 Å². The first-order valence-electron chi connectivity index (χ1n) is 4.06. The normalized spacial score (nSPS) is 11.8. The van der Waals surface area contributed by atoms with Crippen LogP contribution in [0.1, 0.15) is 26.2 Å². The van der Waals surface area contributed by atoms with E-state index in [-0.39, 0.29) is 5.75 Å². The Morgan fingerprint density at radius 2 is 1.83 bits per heavy atom. The summed E-state index contributed by atoms with van der Waals surface area (Å²) in [5.41, 5.74) is 0. The molecule has 0 bridgehead atoms. The molecule has 0 aromatic rings. The van der Waals surface area contributed by atoms with Gasteiger partial charge in [-0.1, -0.05) is 13.3 Å². The molecule has 0 fully saturated rings. The second-order valence-corrected chi connectivity index (χ2v) is 5.46. The van der Waals surface area contributed by atoms with Gasteiger partial charge in [-0.3, -0.25) is 0 Å². The lowest BCUT2D eigenvalue weighted by molar-refractivity contribution is 0.132. The molecule has 0 N–H and O–H groups in total. The van der Waals surface area contributed by atoms with Gasteiger partial charge in [0.25, 0.3) is 0 Å². The van der Waals surface area contributed by atoms with E-state index < -0.39 is 9.05 Å². The van der Waals surface area contributed by atoms with Crippen molar-refractivity contribution in [1.82, 2.24) is 0 Å². The number of hydrogen-bond acceptors (Lipinski definition) is 3. The third-order valence-corrected chi connectivity index (χ3v) is 2.56. The van der Waals surface area contributed by atoms with Crippen LogP contribution in [0.3, 0.4) is 0 Å². The average Bonchev–Trinajstić information content (AvgIpc) is 1.94. The van der Waals surface area contributed by atoms with E-state index in [1.165, 1.54) is 0 Å². The van der Waals surface area contributed by atoms with Crippen molar-refractivity contribution < 1.29 is 13.2 Å². The van der Waals surface area contributed by atoms with Gasteiger partial charge >= 0.3 is 0 Å². The Morgan fingerprint density at radius 3 is 2.33 bits per heavy atom. The number of hydrogen-bond donors (Lipinski definition) is 0. The molecule has 0 aliphatic carbocycles. The van der Waals surface area contributed by atoms with Crippen LogP contribution < -0.4 is 0 Å². The van der Waals surface area contributed by atoms with Crippen LogP contribution in [0.5, 0.6) is 0 Å². The second kappa shape index (κ2) is 6.69. The Morgan fingerprint density at radius 1 is 1.25 bits per heavy atom. The maximum Gasteiger partial charge on any atom is 0.232 e. The molecule has 0 atom stereocenters. The fourth-order valence-electron chi connectivity index (χ4n) is 0.682. The number of halogens is 1. The molecule has 0 amide bonds. The Kier molecular flexibility index (Phi) is 6.80. The monoisotopic (exact) mass is 214 g/mol. The summed E-state index contributed by atoms with van der Waals surface area (Å²) in [6, 6.07) is 0. The third-order valence-electron chi connectivity index (χ3n) is 1.32. The molecule has 74 valence electrons. The number of ether oxygens (including phenoxy) is 1. The first-order chi connectivity index (χ1) is 5.56. The number of rotatable bonds is 7. The minimum atomic E-state index is -3.32. The van der Waals surface area contributed by atoms with Gasteiger partial charge in [-0.25, -0.2) is 8.42 Å². The molecular formula is C7H15ClO3S. The van der Waals surface area contributed by atoms with Crippen molar-refractivity contribution in [2.24, 2.45) is 0 Å². The predicted octanol–water partition coefficient (Wildman–Crippen LogP) is 1.76. The number of unbranched alkanes of at least 4 members (excludes halogenated alkanes) is 1. The summed E-state index contributed by atoms with van der Waals surface area (Å²) in [7, 11) is 1.67. The second-order valence-electron chi connectivity index (χ2n) is 2.56. The highest BCUT2D eigenvalue weighted by molar-refractivity contribution is 8.13. The van der Waals surface area contributed by atoms with E-state index in [2.05, 4.69) is 6.92 Å². The topological polar surface area (TPSA) is 43.4 Å². The minimum Gasteiger partial charge on any atom is -0.381 e. The van der Waals surface area contributed by atoms with Crippen LogP contribution in [0, 0.1) is 0 Å². The summed E-state index contributed by atoms with van der Waals surface area (Å²) in [5, 5.41) is 0. The average molecular weight is 215 g/mol. The predicted molar refractivity (Wildman–Crippen MR) is 50.0 cm³/mol. The Labute approximate surface area is 78.5 Å². The molecule has 0 saturated carbocycles. The highest BCUT2D eigenvalue weighted by atomic mass is 35.7. The van der Waals surface area contributed by atoms with Crippen LogP contribution in [0.25, 0.3) is 0 Å². The first kappa shape index (κ1) is 12.2. The minimum absolute atomic E-state index is 0.000675. The van der Waals surface area contributed by atoms with Gasteiger partial charge in [-0.2, -0.15) is 0 Å². The van der Waals surface area contributed by atoms with Gasteiger partial charge in [-0.15, -0.1) is 0 Å². The molecule has 12 heavy (non-hydrogen) atoms. The molecule has 5 heteroatoms. The fraction of sp³-hybridized carbons (Fsp3) is 1.00. The molecular weight excluding hydrogens is 200 g/mol. The van der Waals surface area contributed by atoms with Crippen molar-refractivity contribution in [3.63, 3.8) is 0 Å². The molecule has 0 rings (SSSR count). The van der Waals surface area contributed by atoms with Crippen LogP contribution in [0.2, 0.25) is 0 Å². The lowest BCUT2D eigenvalue weighted by Crippen LogP contribution is -2.03. The van der Waals surface area contributed by atoms with Crippen molar-refractivity contribution in [2.45, 2.75) is 26.2 Å². The molecule has 0 aliphatic heterocycles. The smallest absolute Gasteiger partial charge is 0.232 e. The molecule has 3 nitrogen and oxygen atoms in total. The zero-order valence-corrected chi connectivity index (χ0v) is 8.83. The van der Waals surface area contributed by atoms with E-state index in [4.69, 9.17) is 15.4 Å². The molecule has 0 radical (unpaired) electrons. The maximum absolute atomic E-state index is 10.4. The van der Waals surface area contributed by atoms with Gasteiger partial charge in [0, 0.05) is 23.9 Å². The summed E-state index contributed by atoms with van der Waals surface area (Å²) >= 11 is 0. The quantitative estimate of drug-likeness (QED) is 0.479. The van der Waals surface area contributed by atoms with Crippen LogP contribution in [-0.2, 0) is 13.8 Å². The lowest BCUT2D eigenvalue weighted by Gasteiger charge is -2.00. The van der Waals surface area contributed by atoms with E-state index >= 15 is 0 Å². The zero-order chi connectivity index (χ0) is 9.45. The Balaban J connectivity index is 3.12. The third kappa shape index (κ3) is 10.2. The standard InChI is InChI=1S/C7H15ClO3S/c1-2-3-5-11-6-4-7-12(8,9)10/h2-7H2,1H3. The van der Waals surface area contributed by atoms with Gasteiger partial charge in [-0.05, 0) is 12.8 Å². The molecule has 0 aromatic carbocycles. The van der Waals surface area contributed by atoms with Gasteiger partial charge in [0.05, 0.1) is 5.75 Å². The van der Waals surface area contributed by atoms with E-state index in [1.807, 2.05) is 0 Å². The lowest BCUT2D eigenvalue weighted by atomic mass is 10.4. The molecule has 0 heterocycles. The van der Waals surface area contributed by atoms with Crippen molar-refractivity contribution in [3.8, 4) is 0 Å². The van der Waals surface area contributed by atoms with E-state index in [0.717, 1.165) is 12.8 Å². The summed E-state index contributed by atoms with van der Waals surface area (Å²) in [6.45, 7) is 3.26. The largest absolute Gasteiger partial charge is 0.381 e. The van der Waals surface area contributed by atoms with E-state index in [9.17, 15) is 8.42 Å². The molecule has 0 spiro atoms. The summed E-state index contributed by atoms with van der Waals surface area (Å²) in [6.07, 6.45) is 2.59. The molecule has 0 unspecified atom stereocenters. The fourth-order valence-corrected chi connectivity index (χ4v) is 1.47. The van der Waals surface area contributed by atoms with Crippen LogP contribution in [0.4, 0.5) is 0 Å². The molecule has 0 aromatic heterocycles. The van der Waals surface area contributed by atoms with Gasteiger partial charge in [0.1, 0.15) is 0 Å². The van der Waals surface area contributed by atoms with Crippen molar-refractivity contribution in [1.29, 1.82) is 0 Å². The van der Waals surface area contributed by atoms with Crippen LogP contribution >= 0.6 is 10.7 Å². The zero-order valence-electron chi connectivity index (χ0n) is 7.25.